The Balaban J connectivity index is 1.65. The van der Waals surface area contributed by atoms with Crippen molar-refractivity contribution in [3.8, 4) is 0 Å². The summed E-state index contributed by atoms with van der Waals surface area (Å²) in [7, 11) is 0. The van der Waals surface area contributed by atoms with Gasteiger partial charge in [-0.15, -0.1) is 0 Å². The Hall–Kier alpha value is -2.05. The Morgan fingerprint density at radius 3 is 2.72 bits per heavy atom. The molecule has 0 bridgehead atoms. The smallest absolute Gasteiger partial charge is 0.409 e. The zero-order chi connectivity index (χ0) is 17.6. The van der Waals surface area contributed by atoms with Gasteiger partial charge in [0.1, 0.15) is 5.82 Å². The van der Waals surface area contributed by atoms with Gasteiger partial charge >= 0.3 is 6.09 Å². The maximum absolute atomic E-state index is 11.8. The maximum Gasteiger partial charge on any atom is 0.409 e. The second-order valence-corrected chi connectivity index (χ2v) is 6.64. The molecule has 0 N–H and O–H groups in total. The molecule has 2 aliphatic heterocycles. The van der Waals surface area contributed by atoms with Crippen LogP contribution < -0.4 is 9.80 Å². The molecular formula is C18H29N5O2. The quantitative estimate of drug-likeness (QED) is 0.834. The minimum absolute atomic E-state index is 0.218. The largest absolute Gasteiger partial charge is 0.450 e. The number of hydrogen-bond donors (Lipinski definition) is 0. The van der Waals surface area contributed by atoms with Gasteiger partial charge in [0.15, 0.2) is 0 Å². The van der Waals surface area contributed by atoms with Crippen LogP contribution in [0.25, 0.3) is 0 Å². The van der Waals surface area contributed by atoms with Gasteiger partial charge in [0, 0.05) is 45.0 Å². The van der Waals surface area contributed by atoms with Crippen LogP contribution in [0.3, 0.4) is 0 Å². The predicted octanol–water partition coefficient (Wildman–Crippen LogP) is 2.52. The van der Waals surface area contributed by atoms with Crippen molar-refractivity contribution < 1.29 is 9.53 Å². The van der Waals surface area contributed by atoms with E-state index in [1.807, 2.05) is 19.2 Å². The topological polar surface area (TPSA) is 61.8 Å². The van der Waals surface area contributed by atoms with E-state index in [2.05, 4.69) is 21.7 Å². The van der Waals surface area contributed by atoms with Crippen molar-refractivity contribution in [1.29, 1.82) is 0 Å². The minimum atomic E-state index is -0.218. The van der Waals surface area contributed by atoms with Crippen LogP contribution in [0, 0.1) is 0 Å². The third-order valence-electron chi connectivity index (χ3n) is 5.11. The number of nitrogens with zero attached hydrogens (tertiary/aromatic N) is 5. The zero-order valence-electron chi connectivity index (χ0n) is 15.4. The summed E-state index contributed by atoms with van der Waals surface area (Å²) in [6.45, 7) is 8.40. The molecule has 0 aliphatic carbocycles. The van der Waals surface area contributed by atoms with Gasteiger partial charge in [0.05, 0.1) is 6.61 Å². The molecule has 2 fully saturated rings. The van der Waals surface area contributed by atoms with E-state index in [0.29, 0.717) is 25.7 Å². The van der Waals surface area contributed by atoms with Crippen molar-refractivity contribution in [2.75, 3.05) is 49.1 Å². The fourth-order valence-electron chi connectivity index (χ4n) is 3.67. The highest BCUT2D eigenvalue weighted by Gasteiger charge is 2.25. The molecule has 138 valence electrons. The van der Waals surface area contributed by atoms with Gasteiger partial charge < -0.3 is 19.4 Å². The molecule has 1 aromatic rings. The molecule has 1 atom stereocenters. The first-order valence-electron chi connectivity index (χ1n) is 9.49. The molecule has 1 aromatic heterocycles. The third kappa shape index (κ3) is 4.14. The van der Waals surface area contributed by atoms with Crippen LogP contribution in [0.1, 0.15) is 39.5 Å². The molecule has 2 saturated heterocycles. The van der Waals surface area contributed by atoms with Gasteiger partial charge in [-0.25, -0.2) is 9.78 Å². The first-order valence-corrected chi connectivity index (χ1v) is 9.49. The van der Waals surface area contributed by atoms with E-state index in [1.54, 1.807) is 4.90 Å². The number of rotatable bonds is 4. The molecule has 0 saturated carbocycles. The van der Waals surface area contributed by atoms with E-state index in [9.17, 15) is 4.79 Å². The van der Waals surface area contributed by atoms with Gasteiger partial charge in [-0.2, -0.15) is 4.98 Å². The molecule has 0 aromatic carbocycles. The van der Waals surface area contributed by atoms with E-state index < -0.39 is 0 Å². The molecule has 0 spiro atoms. The van der Waals surface area contributed by atoms with Crippen LogP contribution in [0.2, 0.25) is 0 Å². The van der Waals surface area contributed by atoms with Crippen LogP contribution in [0.15, 0.2) is 12.3 Å². The third-order valence-corrected chi connectivity index (χ3v) is 5.11. The highest BCUT2D eigenvalue weighted by Crippen LogP contribution is 2.25. The summed E-state index contributed by atoms with van der Waals surface area (Å²) >= 11 is 0. The summed E-state index contributed by atoms with van der Waals surface area (Å²) in [5, 5.41) is 0. The average molecular weight is 347 g/mol. The summed E-state index contributed by atoms with van der Waals surface area (Å²) in [5.41, 5.74) is 0. The Bertz CT molecular complexity index is 574. The van der Waals surface area contributed by atoms with Gasteiger partial charge in [-0.05, 0) is 38.7 Å². The summed E-state index contributed by atoms with van der Waals surface area (Å²) < 4.78 is 5.08. The molecule has 1 unspecified atom stereocenters. The van der Waals surface area contributed by atoms with Crippen LogP contribution in [0.5, 0.6) is 0 Å². The lowest BCUT2D eigenvalue weighted by atomic mass is 10.0. The van der Waals surface area contributed by atoms with Crippen molar-refractivity contribution in [3.05, 3.63) is 12.3 Å². The van der Waals surface area contributed by atoms with E-state index in [1.165, 1.54) is 19.3 Å². The SMILES string of the molecule is CCOC(=O)N1CCN(c2ccnc(N3CCCCC3CC)n2)CC1. The van der Waals surface area contributed by atoms with Gasteiger partial charge in [-0.1, -0.05) is 6.92 Å². The molecule has 3 heterocycles. The van der Waals surface area contributed by atoms with Crippen molar-refractivity contribution in [2.45, 2.75) is 45.6 Å². The van der Waals surface area contributed by atoms with Crippen LogP contribution in [0.4, 0.5) is 16.6 Å². The predicted molar refractivity (Wildman–Crippen MR) is 98.1 cm³/mol. The second-order valence-electron chi connectivity index (χ2n) is 6.64. The van der Waals surface area contributed by atoms with E-state index in [4.69, 9.17) is 9.72 Å². The number of piperidine rings is 1. The standard InChI is InChI=1S/C18H29N5O2/c1-3-15-7-5-6-10-23(15)17-19-9-8-16(20-17)21-11-13-22(14-12-21)18(24)25-4-2/h8-9,15H,3-7,10-14H2,1-2H3. The van der Waals surface area contributed by atoms with Crippen LogP contribution in [-0.4, -0.2) is 66.3 Å². The lowest BCUT2D eigenvalue weighted by Gasteiger charge is -2.37. The number of anilines is 2. The van der Waals surface area contributed by atoms with Gasteiger partial charge in [-0.3, -0.25) is 0 Å². The number of ether oxygens (including phenoxy) is 1. The first-order chi connectivity index (χ1) is 12.2. The average Bonchev–Trinajstić information content (AvgIpc) is 2.68. The molecule has 7 heteroatoms. The van der Waals surface area contributed by atoms with Crippen molar-refractivity contribution in [2.24, 2.45) is 0 Å². The van der Waals surface area contributed by atoms with E-state index in [0.717, 1.165) is 37.8 Å². The highest BCUT2D eigenvalue weighted by molar-refractivity contribution is 5.68. The Morgan fingerprint density at radius 2 is 2.00 bits per heavy atom. The van der Waals surface area contributed by atoms with E-state index >= 15 is 0 Å². The van der Waals surface area contributed by atoms with Crippen molar-refractivity contribution in [3.63, 3.8) is 0 Å². The zero-order valence-corrected chi connectivity index (χ0v) is 15.4. The number of carbonyl (C=O) groups excluding carboxylic acids is 1. The Labute approximate surface area is 150 Å². The fourth-order valence-corrected chi connectivity index (χ4v) is 3.67. The Morgan fingerprint density at radius 1 is 1.20 bits per heavy atom. The summed E-state index contributed by atoms with van der Waals surface area (Å²) in [5.74, 6) is 1.80. The van der Waals surface area contributed by atoms with Crippen LogP contribution in [-0.2, 0) is 4.74 Å². The molecule has 0 radical (unpaired) electrons. The van der Waals surface area contributed by atoms with E-state index in [-0.39, 0.29) is 6.09 Å². The minimum Gasteiger partial charge on any atom is -0.450 e. The lowest BCUT2D eigenvalue weighted by molar-refractivity contribution is 0.105. The summed E-state index contributed by atoms with van der Waals surface area (Å²) in [6.07, 6.45) is 6.50. The monoisotopic (exact) mass is 347 g/mol. The van der Waals surface area contributed by atoms with Gasteiger partial charge in [0.25, 0.3) is 0 Å². The number of hydrogen-bond acceptors (Lipinski definition) is 6. The van der Waals surface area contributed by atoms with Crippen molar-refractivity contribution in [1.82, 2.24) is 14.9 Å². The number of aromatic nitrogens is 2. The fraction of sp³-hybridized carbons (Fsp3) is 0.722. The lowest BCUT2D eigenvalue weighted by Crippen LogP contribution is -2.49. The van der Waals surface area contributed by atoms with Crippen LogP contribution >= 0.6 is 0 Å². The molecule has 2 aliphatic rings. The number of piperazine rings is 1. The molecule has 1 amide bonds. The molecule has 25 heavy (non-hydrogen) atoms. The number of amides is 1. The first kappa shape index (κ1) is 17.8. The molecule has 7 nitrogen and oxygen atoms in total. The molecule has 3 rings (SSSR count). The summed E-state index contributed by atoms with van der Waals surface area (Å²) in [6, 6.07) is 2.51. The second kappa shape index (κ2) is 8.36. The normalized spacial score (nSPS) is 21.4. The number of carbonyl (C=O) groups is 1. The molecular weight excluding hydrogens is 318 g/mol. The van der Waals surface area contributed by atoms with Gasteiger partial charge in [0.2, 0.25) is 5.95 Å². The van der Waals surface area contributed by atoms with Crippen molar-refractivity contribution >= 4 is 17.9 Å². The summed E-state index contributed by atoms with van der Waals surface area (Å²) in [4.78, 5) is 27.5. The highest BCUT2D eigenvalue weighted by atomic mass is 16.6. The maximum atomic E-state index is 11.8. The Kier molecular flexibility index (Phi) is 5.94.